The first kappa shape index (κ1) is 9.61. The summed E-state index contributed by atoms with van der Waals surface area (Å²) in [7, 11) is 0. The summed E-state index contributed by atoms with van der Waals surface area (Å²) in [6.45, 7) is 4.75. The second-order valence-corrected chi connectivity index (χ2v) is 3.80. The Morgan fingerprint density at radius 2 is 2.50 bits per heavy atom. The van der Waals surface area contributed by atoms with E-state index in [1.807, 2.05) is 0 Å². The fourth-order valence-electron chi connectivity index (χ4n) is 1.81. The zero-order valence-corrected chi connectivity index (χ0v) is 8.31. The van der Waals surface area contributed by atoms with Gasteiger partial charge in [0.05, 0.1) is 6.54 Å². The van der Waals surface area contributed by atoms with Crippen LogP contribution in [0.1, 0.15) is 18.1 Å². The van der Waals surface area contributed by atoms with E-state index in [9.17, 15) is 0 Å². The first-order chi connectivity index (χ1) is 6.78. The molecule has 1 unspecified atom stereocenters. The van der Waals surface area contributed by atoms with E-state index in [4.69, 9.17) is 9.63 Å². The van der Waals surface area contributed by atoms with E-state index in [-0.39, 0.29) is 6.61 Å². The van der Waals surface area contributed by atoms with Crippen LogP contribution in [-0.2, 0) is 6.54 Å². The fourth-order valence-corrected chi connectivity index (χ4v) is 1.81. The Morgan fingerprint density at radius 3 is 3.07 bits per heavy atom. The van der Waals surface area contributed by atoms with Gasteiger partial charge in [0.15, 0.2) is 5.82 Å². The van der Waals surface area contributed by atoms with Crippen LogP contribution in [0.2, 0.25) is 0 Å². The lowest BCUT2D eigenvalue weighted by molar-refractivity contribution is 0.218. The molecule has 2 heterocycles. The maximum atomic E-state index is 8.98. The van der Waals surface area contributed by atoms with E-state index in [2.05, 4.69) is 15.0 Å². The summed E-state index contributed by atoms with van der Waals surface area (Å²) in [5.74, 6) is 1.77. The summed E-state index contributed by atoms with van der Waals surface area (Å²) < 4.78 is 4.89. The Balaban J connectivity index is 1.87. The Hall–Kier alpha value is -0.940. The Labute approximate surface area is 82.7 Å². The summed E-state index contributed by atoms with van der Waals surface area (Å²) in [4.78, 5) is 6.38. The third-order valence-corrected chi connectivity index (χ3v) is 2.56. The van der Waals surface area contributed by atoms with E-state index >= 15 is 0 Å². The minimum Gasteiger partial charge on any atom is -0.396 e. The van der Waals surface area contributed by atoms with Gasteiger partial charge in [-0.2, -0.15) is 4.98 Å². The van der Waals surface area contributed by atoms with Gasteiger partial charge in [-0.1, -0.05) is 5.16 Å². The van der Waals surface area contributed by atoms with E-state index in [1.54, 1.807) is 6.92 Å². The summed E-state index contributed by atoms with van der Waals surface area (Å²) in [5.41, 5.74) is 0. The lowest BCUT2D eigenvalue weighted by atomic mass is 10.1. The SMILES string of the molecule is Cc1nc(CN2CCC(CO)C2)no1. The highest BCUT2D eigenvalue weighted by Gasteiger charge is 2.22. The predicted molar refractivity (Wildman–Crippen MR) is 49.5 cm³/mol. The molecule has 0 aliphatic carbocycles. The molecule has 0 spiro atoms. The topological polar surface area (TPSA) is 62.4 Å². The minimum atomic E-state index is 0.280. The fraction of sp³-hybridized carbons (Fsp3) is 0.778. The lowest BCUT2D eigenvalue weighted by Gasteiger charge is -2.12. The van der Waals surface area contributed by atoms with Crippen LogP contribution >= 0.6 is 0 Å². The van der Waals surface area contributed by atoms with Crippen molar-refractivity contribution < 1.29 is 9.63 Å². The van der Waals surface area contributed by atoms with E-state index in [0.29, 0.717) is 11.8 Å². The molecule has 1 atom stereocenters. The highest BCUT2D eigenvalue weighted by molar-refractivity contribution is 4.86. The average Bonchev–Trinajstić information content (AvgIpc) is 2.76. The first-order valence-electron chi connectivity index (χ1n) is 4.90. The van der Waals surface area contributed by atoms with Crippen LogP contribution in [0.4, 0.5) is 0 Å². The molecule has 2 rings (SSSR count). The number of likely N-dealkylation sites (tertiary alicyclic amines) is 1. The Morgan fingerprint density at radius 1 is 1.64 bits per heavy atom. The highest BCUT2D eigenvalue weighted by Crippen LogP contribution is 2.16. The van der Waals surface area contributed by atoms with Gasteiger partial charge in [0, 0.05) is 20.1 Å². The van der Waals surface area contributed by atoms with Crippen molar-refractivity contribution in [2.45, 2.75) is 19.9 Å². The minimum absolute atomic E-state index is 0.280. The summed E-state index contributed by atoms with van der Waals surface area (Å²) in [6.07, 6.45) is 1.06. The van der Waals surface area contributed by atoms with Gasteiger partial charge in [0.25, 0.3) is 0 Å². The molecular formula is C9H15N3O2. The van der Waals surface area contributed by atoms with E-state index < -0.39 is 0 Å². The molecule has 0 radical (unpaired) electrons. The monoisotopic (exact) mass is 197 g/mol. The molecule has 1 fully saturated rings. The molecule has 1 aliphatic rings. The van der Waals surface area contributed by atoms with Crippen LogP contribution < -0.4 is 0 Å². The van der Waals surface area contributed by atoms with Crippen molar-refractivity contribution in [3.05, 3.63) is 11.7 Å². The third kappa shape index (κ3) is 2.10. The van der Waals surface area contributed by atoms with Gasteiger partial charge in [-0.25, -0.2) is 0 Å². The maximum absolute atomic E-state index is 8.98. The highest BCUT2D eigenvalue weighted by atomic mass is 16.5. The van der Waals surface area contributed by atoms with Gasteiger partial charge in [0.2, 0.25) is 5.89 Å². The van der Waals surface area contributed by atoms with Crippen LogP contribution in [0.15, 0.2) is 4.52 Å². The zero-order chi connectivity index (χ0) is 9.97. The molecule has 1 aliphatic heterocycles. The van der Waals surface area contributed by atoms with Crippen LogP contribution in [0.25, 0.3) is 0 Å². The van der Waals surface area contributed by atoms with Crippen molar-refractivity contribution in [2.24, 2.45) is 5.92 Å². The van der Waals surface area contributed by atoms with Gasteiger partial charge in [-0.15, -0.1) is 0 Å². The molecule has 0 amide bonds. The molecule has 78 valence electrons. The zero-order valence-electron chi connectivity index (χ0n) is 8.31. The molecular weight excluding hydrogens is 182 g/mol. The maximum Gasteiger partial charge on any atom is 0.223 e. The Bertz CT molecular complexity index is 300. The molecule has 1 N–H and O–H groups in total. The number of aliphatic hydroxyl groups is 1. The van der Waals surface area contributed by atoms with E-state index in [1.165, 1.54) is 0 Å². The van der Waals surface area contributed by atoms with Crippen molar-refractivity contribution in [3.63, 3.8) is 0 Å². The smallest absolute Gasteiger partial charge is 0.223 e. The number of aliphatic hydroxyl groups excluding tert-OH is 1. The molecule has 1 aromatic heterocycles. The quantitative estimate of drug-likeness (QED) is 0.749. The van der Waals surface area contributed by atoms with Gasteiger partial charge in [0.1, 0.15) is 0 Å². The van der Waals surface area contributed by atoms with Crippen LogP contribution in [0.3, 0.4) is 0 Å². The molecule has 5 nitrogen and oxygen atoms in total. The third-order valence-electron chi connectivity index (χ3n) is 2.56. The molecule has 1 aromatic rings. The van der Waals surface area contributed by atoms with Gasteiger partial charge >= 0.3 is 0 Å². The molecule has 0 aromatic carbocycles. The number of hydrogen-bond donors (Lipinski definition) is 1. The molecule has 5 heteroatoms. The summed E-state index contributed by atoms with van der Waals surface area (Å²) in [5, 5.41) is 12.8. The average molecular weight is 197 g/mol. The Kier molecular flexibility index (Phi) is 2.79. The number of aromatic nitrogens is 2. The molecule has 0 bridgehead atoms. The van der Waals surface area contributed by atoms with Crippen molar-refractivity contribution in [2.75, 3.05) is 19.7 Å². The standard InChI is InChI=1S/C9H15N3O2/c1-7-10-9(11-14-7)5-12-3-2-8(4-12)6-13/h8,13H,2-6H2,1H3. The lowest BCUT2D eigenvalue weighted by Crippen LogP contribution is -2.21. The second kappa shape index (κ2) is 4.06. The normalized spacial score (nSPS) is 23.1. The van der Waals surface area contributed by atoms with Crippen LogP contribution in [0.5, 0.6) is 0 Å². The number of nitrogens with zero attached hydrogens (tertiary/aromatic N) is 3. The number of aryl methyl sites for hydroxylation is 1. The summed E-state index contributed by atoms with van der Waals surface area (Å²) in [6, 6.07) is 0. The van der Waals surface area contributed by atoms with Gasteiger partial charge in [-0.3, -0.25) is 4.90 Å². The van der Waals surface area contributed by atoms with Crippen LogP contribution in [0, 0.1) is 12.8 Å². The largest absolute Gasteiger partial charge is 0.396 e. The van der Waals surface area contributed by atoms with Crippen LogP contribution in [-0.4, -0.2) is 39.8 Å². The predicted octanol–water partition coefficient (Wildman–Crippen LogP) is 0.192. The first-order valence-corrected chi connectivity index (χ1v) is 4.90. The number of rotatable bonds is 3. The number of hydrogen-bond acceptors (Lipinski definition) is 5. The van der Waals surface area contributed by atoms with Crippen molar-refractivity contribution in [3.8, 4) is 0 Å². The van der Waals surface area contributed by atoms with E-state index in [0.717, 1.165) is 31.9 Å². The van der Waals surface area contributed by atoms with Gasteiger partial charge < -0.3 is 9.63 Å². The van der Waals surface area contributed by atoms with Gasteiger partial charge in [-0.05, 0) is 18.9 Å². The van der Waals surface area contributed by atoms with Crippen molar-refractivity contribution in [1.82, 2.24) is 15.0 Å². The molecule has 0 saturated carbocycles. The second-order valence-electron chi connectivity index (χ2n) is 3.80. The molecule has 14 heavy (non-hydrogen) atoms. The van der Waals surface area contributed by atoms with Crippen molar-refractivity contribution >= 4 is 0 Å². The molecule has 1 saturated heterocycles. The summed E-state index contributed by atoms with van der Waals surface area (Å²) >= 11 is 0. The van der Waals surface area contributed by atoms with Crippen molar-refractivity contribution in [1.29, 1.82) is 0 Å².